The molecule has 3 aromatic rings. The van der Waals surface area contributed by atoms with Crippen molar-refractivity contribution in [3.8, 4) is 11.5 Å². The largest absolute Gasteiger partial charge is 0.496 e. The lowest BCUT2D eigenvalue weighted by Crippen LogP contribution is -2.12. The topological polar surface area (TPSA) is 47.6 Å². The Kier molecular flexibility index (Phi) is 5.99. The zero-order valence-corrected chi connectivity index (χ0v) is 15.9. The molecule has 0 aromatic heterocycles. The molecule has 0 saturated carbocycles. The summed E-state index contributed by atoms with van der Waals surface area (Å²) in [6, 6.07) is 20.1. The summed E-state index contributed by atoms with van der Waals surface area (Å²) in [7, 11) is 1.59. The second-order valence-corrected chi connectivity index (χ2v) is 6.53. The molecule has 0 aliphatic rings. The van der Waals surface area contributed by atoms with Crippen LogP contribution in [-0.2, 0) is 6.61 Å². The van der Waals surface area contributed by atoms with E-state index in [4.69, 9.17) is 21.1 Å². The maximum absolute atomic E-state index is 12.6. The molecule has 0 bridgehead atoms. The molecule has 0 heterocycles. The molecule has 3 rings (SSSR count). The molecule has 0 unspecified atom stereocenters. The van der Waals surface area contributed by atoms with Crippen molar-refractivity contribution in [2.75, 3.05) is 12.4 Å². The van der Waals surface area contributed by atoms with Crippen LogP contribution in [0.1, 0.15) is 21.5 Å². The van der Waals surface area contributed by atoms with Gasteiger partial charge in [-0.3, -0.25) is 4.79 Å². The number of nitrogens with one attached hydrogen (secondary N) is 1. The van der Waals surface area contributed by atoms with E-state index < -0.39 is 0 Å². The molecule has 0 radical (unpaired) electrons. The van der Waals surface area contributed by atoms with Gasteiger partial charge < -0.3 is 14.8 Å². The highest BCUT2D eigenvalue weighted by atomic mass is 35.5. The van der Waals surface area contributed by atoms with Crippen molar-refractivity contribution in [3.05, 3.63) is 88.4 Å². The summed E-state index contributed by atoms with van der Waals surface area (Å²) in [5.74, 6) is 1.21. The minimum Gasteiger partial charge on any atom is -0.496 e. The Morgan fingerprint density at radius 1 is 1.04 bits per heavy atom. The van der Waals surface area contributed by atoms with Gasteiger partial charge in [-0.15, -0.1) is 0 Å². The SMILES string of the molecule is COc1ccc(C(=O)Nc2cccc(Cl)c2)cc1COc1cccc(C)c1. The maximum atomic E-state index is 12.6. The van der Waals surface area contributed by atoms with E-state index in [1.54, 1.807) is 49.6 Å². The van der Waals surface area contributed by atoms with Gasteiger partial charge in [-0.05, 0) is 61.0 Å². The number of aryl methyl sites for hydroxylation is 1. The van der Waals surface area contributed by atoms with Crippen LogP contribution in [0.2, 0.25) is 5.02 Å². The van der Waals surface area contributed by atoms with Crippen molar-refractivity contribution in [3.63, 3.8) is 0 Å². The van der Waals surface area contributed by atoms with Crippen LogP contribution in [0.25, 0.3) is 0 Å². The van der Waals surface area contributed by atoms with Crippen molar-refractivity contribution >= 4 is 23.2 Å². The normalized spacial score (nSPS) is 10.3. The van der Waals surface area contributed by atoms with Crippen LogP contribution in [0, 0.1) is 6.92 Å². The minimum atomic E-state index is -0.225. The Bertz CT molecular complexity index is 956. The van der Waals surface area contributed by atoms with Gasteiger partial charge in [-0.25, -0.2) is 0 Å². The smallest absolute Gasteiger partial charge is 0.255 e. The third kappa shape index (κ3) is 5.02. The average Bonchev–Trinajstić information content (AvgIpc) is 2.66. The zero-order valence-electron chi connectivity index (χ0n) is 15.2. The quantitative estimate of drug-likeness (QED) is 0.614. The lowest BCUT2D eigenvalue weighted by Gasteiger charge is -2.13. The van der Waals surface area contributed by atoms with Gasteiger partial charge >= 0.3 is 0 Å². The first kappa shape index (κ1) is 18.8. The average molecular weight is 382 g/mol. The second-order valence-electron chi connectivity index (χ2n) is 6.10. The molecular weight excluding hydrogens is 362 g/mol. The Morgan fingerprint density at radius 3 is 2.59 bits per heavy atom. The first-order valence-corrected chi connectivity index (χ1v) is 8.86. The highest BCUT2D eigenvalue weighted by Crippen LogP contribution is 2.24. The number of carbonyl (C=O) groups is 1. The Labute approximate surface area is 163 Å². The van der Waals surface area contributed by atoms with Gasteiger partial charge in [0, 0.05) is 21.8 Å². The standard InChI is InChI=1S/C22H20ClNO3/c1-15-5-3-8-20(11-15)27-14-17-12-16(9-10-21(17)26-2)22(25)24-19-7-4-6-18(23)13-19/h3-13H,14H2,1-2H3,(H,24,25). The number of hydrogen-bond acceptors (Lipinski definition) is 3. The van der Waals surface area contributed by atoms with Crippen LogP contribution >= 0.6 is 11.6 Å². The van der Waals surface area contributed by atoms with Gasteiger partial charge in [0.05, 0.1) is 7.11 Å². The van der Waals surface area contributed by atoms with Gasteiger partial charge in [0.15, 0.2) is 0 Å². The summed E-state index contributed by atoms with van der Waals surface area (Å²) in [4.78, 5) is 12.6. The fourth-order valence-electron chi connectivity index (χ4n) is 2.67. The maximum Gasteiger partial charge on any atom is 0.255 e. The van der Waals surface area contributed by atoms with Gasteiger partial charge in [-0.1, -0.05) is 29.8 Å². The molecule has 0 fully saturated rings. The number of rotatable bonds is 6. The number of ether oxygens (including phenoxy) is 2. The fourth-order valence-corrected chi connectivity index (χ4v) is 2.86. The Balaban J connectivity index is 1.77. The highest BCUT2D eigenvalue weighted by Gasteiger charge is 2.12. The third-order valence-electron chi connectivity index (χ3n) is 4.01. The first-order chi connectivity index (χ1) is 13.0. The first-order valence-electron chi connectivity index (χ1n) is 8.48. The molecule has 5 heteroatoms. The van der Waals surface area contributed by atoms with Crippen LogP contribution in [0.4, 0.5) is 5.69 Å². The number of methoxy groups -OCH3 is 1. The molecule has 4 nitrogen and oxygen atoms in total. The van der Waals surface area contributed by atoms with E-state index in [0.29, 0.717) is 28.6 Å². The van der Waals surface area contributed by atoms with Crippen LogP contribution in [0.15, 0.2) is 66.7 Å². The second kappa shape index (κ2) is 8.60. The molecule has 0 spiro atoms. The van der Waals surface area contributed by atoms with Crippen molar-refractivity contribution in [1.29, 1.82) is 0 Å². The van der Waals surface area contributed by atoms with Crippen LogP contribution in [0.3, 0.4) is 0 Å². The number of halogens is 1. The molecule has 0 aliphatic heterocycles. The number of hydrogen-bond donors (Lipinski definition) is 1. The molecule has 0 atom stereocenters. The van der Waals surface area contributed by atoms with E-state index in [2.05, 4.69) is 5.32 Å². The number of anilines is 1. The molecule has 138 valence electrons. The van der Waals surface area contributed by atoms with E-state index in [1.807, 2.05) is 31.2 Å². The van der Waals surface area contributed by atoms with Crippen LogP contribution in [0.5, 0.6) is 11.5 Å². The lowest BCUT2D eigenvalue weighted by atomic mass is 10.1. The number of benzene rings is 3. The summed E-state index contributed by atoms with van der Waals surface area (Å²) in [6.07, 6.45) is 0. The number of carbonyl (C=O) groups excluding carboxylic acids is 1. The highest BCUT2D eigenvalue weighted by molar-refractivity contribution is 6.30. The summed E-state index contributed by atoms with van der Waals surface area (Å²) < 4.78 is 11.3. The van der Waals surface area contributed by atoms with Gasteiger partial charge in [-0.2, -0.15) is 0 Å². The predicted octanol–water partition coefficient (Wildman–Crippen LogP) is 5.49. The molecule has 27 heavy (non-hydrogen) atoms. The van der Waals surface area contributed by atoms with Crippen molar-refractivity contribution in [1.82, 2.24) is 0 Å². The van der Waals surface area contributed by atoms with Crippen LogP contribution < -0.4 is 14.8 Å². The summed E-state index contributed by atoms with van der Waals surface area (Å²) in [5.41, 5.74) is 3.06. The van der Waals surface area contributed by atoms with Crippen molar-refractivity contribution in [2.24, 2.45) is 0 Å². The van der Waals surface area contributed by atoms with Gasteiger partial charge in [0.25, 0.3) is 5.91 Å². The Morgan fingerprint density at radius 2 is 1.85 bits per heavy atom. The minimum absolute atomic E-state index is 0.225. The molecule has 0 saturated heterocycles. The van der Waals surface area contributed by atoms with E-state index in [9.17, 15) is 4.79 Å². The molecule has 3 aromatic carbocycles. The molecule has 0 aliphatic carbocycles. The van der Waals surface area contributed by atoms with Crippen molar-refractivity contribution < 1.29 is 14.3 Å². The molecule has 1 amide bonds. The fraction of sp³-hybridized carbons (Fsp3) is 0.136. The third-order valence-corrected chi connectivity index (χ3v) is 4.24. The zero-order chi connectivity index (χ0) is 19.2. The van der Waals surface area contributed by atoms with E-state index in [1.165, 1.54) is 0 Å². The van der Waals surface area contributed by atoms with E-state index >= 15 is 0 Å². The Hall–Kier alpha value is -2.98. The number of amides is 1. The van der Waals surface area contributed by atoms with E-state index in [-0.39, 0.29) is 5.91 Å². The van der Waals surface area contributed by atoms with Crippen LogP contribution in [-0.4, -0.2) is 13.0 Å². The molecular formula is C22H20ClNO3. The van der Waals surface area contributed by atoms with Gasteiger partial charge in [0.1, 0.15) is 18.1 Å². The van der Waals surface area contributed by atoms with Crippen molar-refractivity contribution in [2.45, 2.75) is 13.5 Å². The van der Waals surface area contributed by atoms with E-state index in [0.717, 1.165) is 16.9 Å². The summed E-state index contributed by atoms with van der Waals surface area (Å²) >= 11 is 5.97. The van der Waals surface area contributed by atoms with Gasteiger partial charge in [0.2, 0.25) is 0 Å². The summed E-state index contributed by atoms with van der Waals surface area (Å²) in [6.45, 7) is 2.30. The lowest BCUT2D eigenvalue weighted by molar-refractivity contribution is 0.102. The monoisotopic (exact) mass is 381 g/mol. The molecule has 1 N–H and O–H groups in total. The predicted molar refractivity (Wildman–Crippen MR) is 108 cm³/mol. The summed E-state index contributed by atoms with van der Waals surface area (Å²) in [5, 5.41) is 3.40.